The molecule has 0 radical (unpaired) electrons. The maximum atomic E-state index is 4.63. The standard InChI is InChI=1S/C15H22IN3/c1-13(2,3)11-7-14(4,5)10-8-18-15(6,16)9-17-12(10)19-11/h7-9,19H,1-6H3. The van der Waals surface area contributed by atoms with Crippen LogP contribution in [-0.4, -0.2) is 16.0 Å². The van der Waals surface area contributed by atoms with Gasteiger partial charge < -0.3 is 5.32 Å². The molecular weight excluding hydrogens is 349 g/mol. The number of nitrogens with zero attached hydrogens (tertiary/aromatic N) is 2. The van der Waals surface area contributed by atoms with Gasteiger partial charge >= 0.3 is 0 Å². The summed E-state index contributed by atoms with van der Waals surface area (Å²) in [5, 5.41) is 3.48. The second-order valence-electron chi connectivity index (χ2n) is 6.96. The number of dihydropyridines is 1. The highest BCUT2D eigenvalue weighted by Gasteiger charge is 2.34. The predicted molar refractivity (Wildman–Crippen MR) is 90.9 cm³/mol. The van der Waals surface area contributed by atoms with Crippen molar-refractivity contribution in [3.05, 3.63) is 23.2 Å². The molecule has 0 fully saturated rings. The van der Waals surface area contributed by atoms with Crippen LogP contribution in [0.2, 0.25) is 0 Å². The zero-order chi connectivity index (χ0) is 14.5. The van der Waals surface area contributed by atoms with Gasteiger partial charge in [0.1, 0.15) is 9.37 Å². The minimum absolute atomic E-state index is 0.0545. The number of hydrogen-bond donors (Lipinski definition) is 1. The summed E-state index contributed by atoms with van der Waals surface area (Å²) < 4.78 is -0.269. The van der Waals surface area contributed by atoms with Crippen LogP contribution in [0.5, 0.6) is 0 Å². The number of allylic oxidation sites excluding steroid dienone is 3. The first-order chi connectivity index (χ1) is 8.51. The van der Waals surface area contributed by atoms with Gasteiger partial charge in [-0.15, -0.1) is 0 Å². The molecule has 4 heteroatoms. The monoisotopic (exact) mass is 371 g/mol. The average molecular weight is 371 g/mol. The van der Waals surface area contributed by atoms with Gasteiger partial charge in [-0.25, -0.2) is 4.99 Å². The minimum Gasteiger partial charge on any atom is -0.343 e. The van der Waals surface area contributed by atoms with E-state index in [1.807, 2.05) is 12.4 Å². The largest absolute Gasteiger partial charge is 0.343 e. The van der Waals surface area contributed by atoms with Crippen molar-refractivity contribution in [1.29, 1.82) is 0 Å². The summed E-state index contributed by atoms with van der Waals surface area (Å²) in [5.74, 6) is 0.932. The van der Waals surface area contributed by atoms with Crippen LogP contribution >= 0.6 is 22.6 Å². The molecule has 1 N–H and O–H groups in total. The Balaban J connectivity index is 2.48. The van der Waals surface area contributed by atoms with Gasteiger partial charge in [-0.3, -0.25) is 4.99 Å². The van der Waals surface area contributed by atoms with E-state index in [0.29, 0.717) is 0 Å². The molecular formula is C15H22IN3. The van der Waals surface area contributed by atoms with E-state index in [2.05, 4.69) is 85.5 Å². The summed E-state index contributed by atoms with van der Waals surface area (Å²) in [5.41, 5.74) is 2.40. The maximum absolute atomic E-state index is 4.63. The molecule has 19 heavy (non-hydrogen) atoms. The second kappa shape index (κ2) is 4.43. The number of alkyl halides is 1. The van der Waals surface area contributed by atoms with Gasteiger partial charge in [0.25, 0.3) is 0 Å². The third-order valence-electron chi connectivity index (χ3n) is 3.39. The summed E-state index contributed by atoms with van der Waals surface area (Å²) in [6.45, 7) is 13.1. The van der Waals surface area contributed by atoms with Crippen LogP contribution in [0.4, 0.5) is 0 Å². The molecule has 0 amide bonds. The Hall–Kier alpha value is -0.650. The van der Waals surface area contributed by atoms with Gasteiger partial charge in [0, 0.05) is 34.5 Å². The SMILES string of the molecule is CC1(I)C=NC2=C(C=N1)C(C)(C)C=C(C(C)(C)C)N2. The Morgan fingerprint density at radius 1 is 1.21 bits per heavy atom. The second-order valence-corrected chi connectivity index (χ2v) is 9.14. The highest BCUT2D eigenvalue weighted by Crippen LogP contribution is 2.39. The fourth-order valence-electron chi connectivity index (χ4n) is 2.11. The van der Waals surface area contributed by atoms with Crippen LogP contribution < -0.4 is 5.32 Å². The van der Waals surface area contributed by atoms with E-state index in [1.165, 1.54) is 5.70 Å². The van der Waals surface area contributed by atoms with E-state index in [1.54, 1.807) is 0 Å². The molecule has 0 saturated carbocycles. The van der Waals surface area contributed by atoms with Gasteiger partial charge in [0.15, 0.2) is 0 Å². The van der Waals surface area contributed by atoms with E-state index >= 15 is 0 Å². The highest BCUT2D eigenvalue weighted by molar-refractivity contribution is 14.1. The Bertz CT molecular complexity index is 514. The molecule has 0 spiro atoms. The molecule has 2 rings (SSSR count). The van der Waals surface area contributed by atoms with Gasteiger partial charge in [0.2, 0.25) is 0 Å². The Labute approximate surface area is 129 Å². The summed E-state index contributed by atoms with van der Waals surface area (Å²) in [6, 6.07) is 0. The molecule has 0 aromatic rings. The van der Waals surface area contributed by atoms with E-state index in [4.69, 9.17) is 0 Å². The predicted octanol–water partition coefficient (Wildman–Crippen LogP) is 4.06. The zero-order valence-corrected chi connectivity index (χ0v) is 14.7. The summed E-state index contributed by atoms with van der Waals surface area (Å²) >= 11 is 2.30. The van der Waals surface area contributed by atoms with Crippen molar-refractivity contribution in [2.24, 2.45) is 20.8 Å². The summed E-state index contributed by atoms with van der Waals surface area (Å²) in [7, 11) is 0. The van der Waals surface area contributed by atoms with Crippen molar-refractivity contribution in [2.45, 2.75) is 45.1 Å². The van der Waals surface area contributed by atoms with E-state index < -0.39 is 0 Å². The van der Waals surface area contributed by atoms with Gasteiger partial charge in [-0.05, 0) is 29.5 Å². The fourth-order valence-corrected chi connectivity index (χ4v) is 2.39. The van der Waals surface area contributed by atoms with Crippen LogP contribution in [0.3, 0.4) is 0 Å². The van der Waals surface area contributed by atoms with Crippen LogP contribution in [0, 0.1) is 10.8 Å². The molecule has 1 unspecified atom stereocenters. The van der Waals surface area contributed by atoms with E-state index in [-0.39, 0.29) is 14.4 Å². The normalized spacial score (nSPS) is 29.5. The van der Waals surface area contributed by atoms with Crippen LogP contribution in [0.25, 0.3) is 0 Å². The molecule has 2 aliphatic heterocycles. The van der Waals surface area contributed by atoms with Gasteiger partial charge in [0.05, 0.1) is 0 Å². The van der Waals surface area contributed by atoms with Crippen molar-refractivity contribution in [3.8, 4) is 0 Å². The fraction of sp³-hybridized carbons (Fsp3) is 0.600. The first kappa shape index (κ1) is 14.8. The zero-order valence-electron chi connectivity index (χ0n) is 12.5. The minimum atomic E-state index is -0.269. The van der Waals surface area contributed by atoms with E-state index in [0.717, 1.165) is 11.4 Å². The molecule has 2 heterocycles. The van der Waals surface area contributed by atoms with Crippen molar-refractivity contribution in [3.63, 3.8) is 0 Å². The molecule has 0 aromatic carbocycles. The molecule has 0 bridgehead atoms. The Morgan fingerprint density at radius 3 is 2.42 bits per heavy atom. The average Bonchev–Trinajstić information content (AvgIpc) is 2.36. The lowest BCUT2D eigenvalue weighted by molar-refractivity contribution is 0.439. The lowest BCUT2D eigenvalue weighted by Gasteiger charge is -2.35. The number of nitrogens with one attached hydrogen (secondary N) is 1. The van der Waals surface area contributed by atoms with Gasteiger partial charge in [-0.2, -0.15) is 0 Å². The quantitative estimate of drug-likeness (QED) is 0.389. The van der Waals surface area contributed by atoms with Crippen LogP contribution in [0.1, 0.15) is 41.5 Å². The number of halogens is 1. The lowest BCUT2D eigenvalue weighted by Crippen LogP contribution is -2.33. The van der Waals surface area contributed by atoms with Crippen molar-refractivity contribution in [2.75, 3.05) is 0 Å². The molecule has 0 aromatic heterocycles. The molecule has 0 aliphatic carbocycles. The van der Waals surface area contributed by atoms with Crippen LogP contribution in [-0.2, 0) is 0 Å². The first-order valence-corrected chi connectivity index (χ1v) is 7.64. The van der Waals surface area contributed by atoms with Gasteiger partial charge in [-0.1, -0.05) is 40.7 Å². The molecule has 2 aliphatic rings. The van der Waals surface area contributed by atoms with Crippen molar-refractivity contribution >= 4 is 35.0 Å². The van der Waals surface area contributed by atoms with E-state index in [9.17, 15) is 0 Å². The lowest BCUT2D eigenvalue weighted by atomic mass is 9.77. The summed E-state index contributed by atoms with van der Waals surface area (Å²) in [4.78, 5) is 9.24. The number of rotatable bonds is 0. The van der Waals surface area contributed by atoms with Crippen LogP contribution in [0.15, 0.2) is 33.2 Å². The smallest absolute Gasteiger partial charge is 0.143 e. The Morgan fingerprint density at radius 2 is 1.84 bits per heavy atom. The summed E-state index contributed by atoms with van der Waals surface area (Å²) in [6.07, 6.45) is 6.17. The first-order valence-electron chi connectivity index (χ1n) is 6.56. The number of hydrogen-bond acceptors (Lipinski definition) is 3. The van der Waals surface area contributed by atoms with Crippen molar-refractivity contribution in [1.82, 2.24) is 5.32 Å². The highest BCUT2D eigenvalue weighted by atomic mass is 127. The number of aliphatic imine (C=N–C) groups is 2. The maximum Gasteiger partial charge on any atom is 0.143 e. The molecule has 104 valence electrons. The third-order valence-corrected chi connectivity index (χ3v) is 3.95. The molecule has 3 nitrogen and oxygen atoms in total. The molecule has 1 atom stereocenters. The topological polar surface area (TPSA) is 36.8 Å². The Kier molecular flexibility index (Phi) is 3.44. The molecule has 0 saturated heterocycles. The van der Waals surface area contributed by atoms with Crippen molar-refractivity contribution < 1.29 is 0 Å². The third kappa shape index (κ3) is 3.09.